The Morgan fingerprint density at radius 1 is 1.55 bits per heavy atom. The molecule has 0 fully saturated rings. The van der Waals surface area contributed by atoms with Gasteiger partial charge in [-0.15, -0.1) is 0 Å². The van der Waals surface area contributed by atoms with Gasteiger partial charge in [0.15, 0.2) is 0 Å². The van der Waals surface area contributed by atoms with Crippen LogP contribution in [0.4, 0.5) is 0 Å². The van der Waals surface area contributed by atoms with Gasteiger partial charge in [0.05, 0.1) is 19.2 Å². The molecular formula is C15H20N2O2S. The average Bonchev–Trinajstić information content (AvgIpc) is 2.49. The van der Waals surface area contributed by atoms with E-state index in [0.29, 0.717) is 28.7 Å². The van der Waals surface area contributed by atoms with Crippen molar-refractivity contribution in [3.05, 3.63) is 29.3 Å². The maximum atomic E-state index is 12.1. The Labute approximate surface area is 124 Å². The van der Waals surface area contributed by atoms with E-state index >= 15 is 0 Å². The van der Waals surface area contributed by atoms with Gasteiger partial charge in [-0.1, -0.05) is 18.8 Å². The van der Waals surface area contributed by atoms with Gasteiger partial charge in [-0.25, -0.2) is 0 Å². The second-order valence-electron chi connectivity index (χ2n) is 4.18. The molecule has 0 aliphatic rings. The van der Waals surface area contributed by atoms with Crippen molar-refractivity contribution in [1.82, 2.24) is 5.32 Å². The molecule has 1 unspecified atom stereocenters. The number of amides is 1. The van der Waals surface area contributed by atoms with E-state index in [1.54, 1.807) is 37.1 Å². The van der Waals surface area contributed by atoms with Crippen molar-refractivity contribution in [2.45, 2.75) is 12.2 Å². The van der Waals surface area contributed by atoms with Gasteiger partial charge < -0.3 is 15.8 Å². The van der Waals surface area contributed by atoms with Crippen molar-refractivity contribution >= 4 is 17.7 Å². The molecule has 20 heavy (non-hydrogen) atoms. The molecule has 5 heteroatoms. The van der Waals surface area contributed by atoms with Crippen molar-refractivity contribution in [3.63, 3.8) is 0 Å². The highest BCUT2D eigenvalue weighted by atomic mass is 32.2. The molecule has 0 heterocycles. The lowest BCUT2D eigenvalue weighted by Gasteiger charge is -2.11. The van der Waals surface area contributed by atoms with E-state index in [4.69, 9.17) is 10.5 Å². The minimum atomic E-state index is -0.107. The maximum absolute atomic E-state index is 12.1. The van der Waals surface area contributed by atoms with E-state index in [9.17, 15) is 4.79 Å². The number of methoxy groups -OCH3 is 1. The number of nitrogens with two attached hydrogens (primary N) is 1. The standard InChI is InChI=1S/C15H20N2O2S/c1-11(20-3)10-17-15(18)13-6-7-14(19-2)12(9-13)5-4-8-16/h6-7,9,11H,8,10,16H2,1-3H3,(H,17,18). The monoisotopic (exact) mass is 292 g/mol. The van der Waals surface area contributed by atoms with Crippen LogP contribution in [0.2, 0.25) is 0 Å². The first kappa shape index (κ1) is 16.4. The molecule has 1 aromatic carbocycles. The van der Waals surface area contributed by atoms with Crippen molar-refractivity contribution < 1.29 is 9.53 Å². The van der Waals surface area contributed by atoms with E-state index in [-0.39, 0.29) is 12.5 Å². The highest BCUT2D eigenvalue weighted by Gasteiger charge is 2.10. The normalized spacial score (nSPS) is 11.2. The van der Waals surface area contributed by atoms with E-state index in [1.807, 2.05) is 6.26 Å². The fourth-order valence-electron chi connectivity index (χ4n) is 1.51. The Morgan fingerprint density at radius 3 is 2.90 bits per heavy atom. The Bertz CT molecular complexity index is 520. The van der Waals surface area contributed by atoms with Crippen molar-refractivity contribution in [1.29, 1.82) is 0 Å². The van der Waals surface area contributed by atoms with Crippen molar-refractivity contribution in [2.24, 2.45) is 5.73 Å². The quantitative estimate of drug-likeness (QED) is 0.807. The Balaban J connectivity index is 2.88. The molecule has 1 aromatic rings. The molecule has 0 spiro atoms. The van der Waals surface area contributed by atoms with E-state index < -0.39 is 0 Å². The van der Waals surface area contributed by atoms with Crippen LogP contribution in [0, 0.1) is 11.8 Å². The highest BCUT2D eigenvalue weighted by molar-refractivity contribution is 7.99. The molecule has 0 aliphatic heterocycles. The number of hydrogen-bond donors (Lipinski definition) is 2. The first-order chi connectivity index (χ1) is 9.62. The van der Waals surface area contributed by atoms with Gasteiger partial charge in [0, 0.05) is 17.4 Å². The first-order valence-electron chi connectivity index (χ1n) is 6.30. The number of ether oxygens (including phenoxy) is 1. The minimum Gasteiger partial charge on any atom is -0.495 e. The second-order valence-corrected chi connectivity index (χ2v) is 5.45. The fourth-order valence-corrected chi connectivity index (χ4v) is 1.76. The third-order valence-electron chi connectivity index (χ3n) is 2.74. The second kappa shape index (κ2) is 8.51. The zero-order valence-electron chi connectivity index (χ0n) is 12.0. The summed E-state index contributed by atoms with van der Waals surface area (Å²) in [6.07, 6.45) is 2.02. The van der Waals surface area contributed by atoms with Gasteiger partial charge in [-0.05, 0) is 24.5 Å². The third-order valence-corrected chi connectivity index (χ3v) is 3.71. The minimum absolute atomic E-state index is 0.107. The predicted molar refractivity (Wildman–Crippen MR) is 84.2 cm³/mol. The van der Waals surface area contributed by atoms with Crippen LogP contribution in [0.5, 0.6) is 5.75 Å². The molecule has 1 amide bonds. The predicted octanol–water partition coefficient (Wildman–Crippen LogP) is 1.49. The molecule has 1 atom stereocenters. The Hall–Kier alpha value is -1.64. The lowest BCUT2D eigenvalue weighted by molar-refractivity contribution is 0.0954. The third kappa shape index (κ3) is 4.80. The highest BCUT2D eigenvalue weighted by Crippen LogP contribution is 2.19. The van der Waals surface area contributed by atoms with Gasteiger partial charge in [0.25, 0.3) is 5.91 Å². The number of thioether (sulfide) groups is 1. The Morgan fingerprint density at radius 2 is 2.30 bits per heavy atom. The summed E-state index contributed by atoms with van der Waals surface area (Å²) < 4.78 is 5.21. The van der Waals surface area contributed by atoms with Crippen LogP contribution in [0.25, 0.3) is 0 Å². The summed E-state index contributed by atoms with van der Waals surface area (Å²) in [7, 11) is 1.57. The summed E-state index contributed by atoms with van der Waals surface area (Å²) in [5.41, 5.74) is 6.61. The maximum Gasteiger partial charge on any atom is 0.251 e. The molecular weight excluding hydrogens is 272 g/mol. The molecule has 4 nitrogen and oxygen atoms in total. The van der Waals surface area contributed by atoms with E-state index in [0.717, 1.165) is 0 Å². The lowest BCUT2D eigenvalue weighted by Crippen LogP contribution is -2.29. The summed E-state index contributed by atoms with van der Waals surface area (Å²) >= 11 is 1.71. The fraction of sp³-hybridized carbons (Fsp3) is 0.400. The summed E-state index contributed by atoms with van der Waals surface area (Å²) in [5, 5.41) is 3.28. The molecule has 0 aromatic heterocycles. The number of rotatable bonds is 5. The molecule has 0 aliphatic carbocycles. The number of nitrogens with one attached hydrogen (secondary N) is 1. The average molecular weight is 292 g/mol. The number of carbonyl (C=O) groups excluding carboxylic acids is 1. The van der Waals surface area contributed by atoms with E-state index in [2.05, 4.69) is 24.1 Å². The molecule has 0 saturated carbocycles. The first-order valence-corrected chi connectivity index (χ1v) is 7.59. The van der Waals surface area contributed by atoms with Crippen LogP contribution >= 0.6 is 11.8 Å². The molecule has 0 bridgehead atoms. The zero-order chi connectivity index (χ0) is 15.0. The van der Waals surface area contributed by atoms with Crippen LogP contribution in [-0.4, -0.2) is 37.6 Å². The van der Waals surface area contributed by atoms with Crippen LogP contribution in [0.1, 0.15) is 22.8 Å². The summed E-state index contributed by atoms with van der Waals surface area (Å²) in [4.78, 5) is 12.1. The molecule has 0 saturated heterocycles. The largest absolute Gasteiger partial charge is 0.495 e. The van der Waals surface area contributed by atoms with Crippen LogP contribution in [-0.2, 0) is 0 Å². The number of carbonyl (C=O) groups is 1. The van der Waals surface area contributed by atoms with Crippen LogP contribution in [0.15, 0.2) is 18.2 Å². The Kier molecular flexibility index (Phi) is 6.99. The molecule has 108 valence electrons. The van der Waals surface area contributed by atoms with Crippen molar-refractivity contribution in [2.75, 3.05) is 26.5 Å². The van der Waals surface area contributed by atoms with Crippen LogP contribution in [0.3, 0.4) is 0 Å². The molecule has 0 radical (unpaired) electrons. The van der Waals surface area contributed by atoms with Gasteiger partial charge in [-0.2, -0.15) is 11.8 Å². The van der Waals surface area contributed by atoms with Gasteiger partial charge in [0.1, 0.15) is 5.75 Å². The summed E-state index contributed by atoms with van der Waals surface area (Å²) in [6, 6.07) is 5.19. The topological polar surface area (TPSA) is 64.3 Å². The molecule has 1 rings (SSSR count). The summed E-state index contributed by atoms with van der Waals surface area (Å²) in [6.45, 7) is 2.97. The smallest absolute Gasteiger partial charge is 0.251 e. The number of hydrogen-bond acceptors (Lipinski definition) is 4. The number of benzene rings is 1. The van der Waals surface area contributed by atoms with Gasteiger partial charge in [0.2, 0.25) is 0 Å². The van der Waals surface area contributed by atoms with E-state index in [1.165, 1.54) is 0 Å². The van der Waals surface area contributed by atoms with Gasteiger partial charge in [-0.3, -0.25) is 4.79 Å². The SMILES string of the molecule is COc1ccc(C(=O)NCC(C)SC)cc1C#CCN. The lowest BCUT2D eigenvalue weighted by atomic mass is 10.1. The molecule has 3 N–H and O–H groups in total. The van der Waals surface area contributed by atoms with Crippen molar-refractivity contribution in [3.8, 4) is 17.6 Å². The summed E-state index contributed by atoms with van der Waals surface area (Å²) in [5.74, 6) is 6.21. The van der Waals surface area contributed by atoms with Crippen LogP contribution < -0.4 is 15.8 Å². The van der Waals surface area contributed by atoms with Gasteiger partial charge >= 0.3 is 0 Å². The zero-order valence-corrected chi connectivity index (χ0v) is 12.8.